The van der Waals surface area contributed by atoms with Crippen LogP contribution in [0, 0.1) is 5.92 Å². The van der Waals surface area contributed by atoms with Crippen LogP contribution in [0.1, 0.15) is 49.7 Å². The van der Waals surface area contributed by atoms with Crippen LogP contribution in [0.5, 0.6) is 0 Å². The highest BCUT2D eigenvalue weighted by atomic mass is 16.5. The Morgan fingerprint density at radius 2 is 2.05 bits per heavy atom. The molecular formula is C17H25NO. The van der Waals surface area contributed by atoms with Gasteiger partial charge in [-0.2, -0.15) is 0 Å². The summed E-state index contributed by atoms with van der Waals surface area (Å²) < 4.78 is 5.75. The van der Waals surface area contributed by atoms with Crippen LogP contribution in [-0.2, 0) is 11.3 Å². The number of hydrogen-bond donors (Lipinski definition) is 1. The molecule has 1 saturated carbocycles. The minimum atomic E-state index is 0.478. The molecule has 2 atom stereocenters. The lowest BCUT2D eigenvalue weighted by Crippen LogP contribution is -2.28. The Labute approximate surface area is 116 Å². The van der Waals surface area contributed by atoms with Gasteiger partial charge in [-0.05, 0) is 48.6 Å². The van der Waals surface area contributed by atoms with E-state index in [0.29, 0.717) is 12.0 Å². The molecule has 0 aromatic heterocycles. The van der Waals surface area contributed by atoms with E-state index < -0.39 is 0 Å². The zero-order chi connectivity index (χ0) is 13.1. The summed E-state index contributed by atoms with van der Waals surface area (Å²) in [6, 6.07) is 8.93. The van der Waals surface area contributed by atoms with Gasteiger partial charge >= 0.3 is 0 Å². The third-order valence-corrected chi connectivity index (χ3v) is 4.54. The van der Waals surface area contributed by atoms with Gasteiger partial charge < -0.3 is 10.1 Å². The zero-order valence-electron chi connectivity index (χ0n) is 11.9. The maximum atomic E-state index is 5.75. The van der Waals surface area contributed by atoms with Gasteiger partial charge in [0.2, 0.25) is 0 Å². The van der Waals surface area contributed by atoms with Crippen molar-refractivity contribution in [2.75, 3.05) is 13.2 Å². The van der Waals surface area contributed by atoms with Gasteiger partial charge in [-0.25, -0.2) is 0 Å². The highest BCUT2D eigenvalue weighted by Gasteiger charge is 2.27. The summed E-state index contributed by atoms with van der Waals surface area (Å²) in [5, 5.41) is 3.65. The molecule has 2 nitrogen and oxygen atoms in total. The molecule has 2 aliphatic rings. The second-order valence-electron chi connectivity index (χ2n) is 5.97. The molecule has 3 rings (SSSR count). The van der Waals surface area contributed by atoms with Crippen LogP contribution < -0.4 is 5.32 Å². The number of benzene rings is 1. The summed E-state index contributed by atoms with van der Waals surface area (Å²) in [4.78, 5) is 0. The standard InChI is InChI=1S/C17H25NO/c1-2-17-15(9-10-19-17)12-18-11-14-5-3-4-6-16(14)13-7-8-13/h3-6,13,15,17-18H,2,7-12H2,1H3. The van der Waals surface area contributed by atoms with Crippen molar-refractivity contribution >= 4 is 0 Å². The monoisotopic (exact) mass is 259 g/mol. The second kappa shape index (κ2) is 6.06. The van der Waals surface area contributed by atoms with Crippen LogP contribution in [0.3, 0.4) is 0 Å². The Balaban J connectivity index is 1.52. The molecule has 1 aliphatic carbocycles. The van der Waals surface area contributed by atoms with E-state index in [1.807, 2.05) is 0 Å². The highest BCUT2D eigenvalue weighted by Crippen LogP contribution is 2.41. The van der Waals surface area contributed by atoms with Crippen molar-refractivity contribution in [2.45, 2.75) is 51.2 Å². The quantitative estimate of drug-likeness (QED) is 0.844. The van der Waals surface area contributed by atoms with Gasteiger partial charge in [0, 0.05) is 19.7 Å². The molecule has 0 bridgehead atoms. The first-order valence-electron chi connectivity index (χ1n) is 7.78. The molecule has 0 radical (unpaired) electrons. The van der Waals surface area contributed by atoms with Crippen molar-refractivity contribution in [2.24, 2.45) is 5.92 Å². The van der Waals surface area contributed by atoms with Gasteiger partial charge in [-0.3, -0.25) is 0 Å². The van der Waals surface area contributed by atoms with E-state index in [-0.39, 0.29) is 0 Å². The fourth-order valence-electron chi connectivity index (χ4n) is 3.26. The molecule has 1 N–H and O–H groups in total. The fraction of sp³-hybridized carbons (Fsp3) is 0.647. The van der Waals surface area contributed by atoms with Crippen LogP contribution in [-0.4, -0.2) is 19.3 Å². The molecule has 1 aliphatic heterocycles. The molecule has 104 valence electrons. The van der Waals surface area contributed by atoms with Gasteiger partial charge in [0.05, 0.1) is 6.10 Å². The first-order valence-corrected chi connectivity index (χ1v) is 7.78. The number of nitrogens with one attached hydrogen (secondary N) is 1. The molecule has 2 heteroatoms. The number of ether oxygens (including phenoxy) is 1. The van der Waals surface area contributed by atoms with E-state index in [0.717, 1.165) is 32.0 Å². The summed E-state index contributed by atoms with van der Waals surface area (Å²) in [6.07, 6.45) is 5.60. The second-order valence-corrected chi connectivity index (χ2v) is 5.97. The average molecular weight is 259 g/mol. The van der Waals surface area contributed by atoms with Crippen LogP contribution in [0.4, 0.5) is 0 Å². The summed E-state index contributed by atoms with van der Waals surface area (Å²) in [7, 11) is 0. The topological polar surface area (TPSA) is 21.3 Å². The summed E-state index contributed by atoms with van der Waals surface area (Å²) >= 11 is 0. The van der Waals surface area contributed by atoms with Crippen molar-refractivity contribution in [3.8, 4) is 0 Å². The van der Waals surface area contributed by atoms with Gasteiger partial charge in [0.1, 0.15) is 0 Å². The highest BCUT2D eigenvalue weighted by molar-refractivity contribution is 5.33. The van der Waals surface area contributed by atoms with E-state index in [2.05, 4.69) is 36.5 Å². The van der Waals surface area contributed by atoms with E-state index >= 15 is 0 Å². The predicted octanol–water partition coefficient (Wildman–Crippen LogP) is 3.47. The predicted molar refractivity (Wildman–Crippen MR) is 78.3 cm³/mol. The lowest BCUT2D eigenvalue weighted by molar-refractivity contribution is 0.0872. The summed E-state index contributed by atoms with van der Waals surface area (Å²) in [6.45, 7) is 5.28. The third kappa shape index (κ3) is 3.18. The van der Waals surface area contributed by atoms with Crippen molar-refractivity contribution in [1.29, 1.82) is 0 Å². The molecule has 0 amide bonds. The Morgan fingerprint density at radius 3 is 2.84 bits per heavy atom. The molecule has 1 heterocycles. The summed E-state index contributed by atoms with van der Waals surface area (Å²) in [5.41, 5.74) is 3.07. The van der Waals surface area contributed by atoms with Crippen LogP contribution in [0.15, 0.2) is 24.3 Å². The molecule has 19 heavy (non-hydrogen) atoms. The Bertz CT molecular complexity index is 413. The minimum Gasteiger partial charge on any atom is -0.378 e. The smallest absolute Gasteiger partial charge is 0.0613 e. The Kier molecular flexibility index (Phi) is 4.19. The van der Waals surface area contributed by atoms with Gasteiger partial charge in [0.15, 0.2) is 0 Å². The summed E-state index contributed by atoms with van der Waals surface area (Å²) in [5.74, 6) is 1.55. The molecule has 2 unspecified atom stereocenters. The van der Waals surface area contributed by atoms with Crippen LogP contribution >= 0.6 is 0 Å². The Morgan fingerprint density at radius 1 is 1.21 bits per heavy atom. The van der Waals surface area contributed by atoms with Crippen molar-refractivity contribution < 1.29 is 4.74 Å². The lowest BCUT2D eigenvalue weighted by Gasteiger charge is -2.18. The third-order valence-electron chi connectivity index (χ3n) is 4.54. The normalized spacial score (nSPS) is 26.8. The first kappa shape index (κ1) is 13.1. The zero-order valence-corrected chi connectivity index (χ0v) is 11.9. The maximum absolute atomic E-state index is 5.75. The van der Waals surface area contributed by atoms with Gasteiger partial charge in [-0.15, -0.1) is 0 Å². The molecular weight excluding hydrogens is 234 g/mol. The van der Waals surface area contributed by atoms with Crippen LogP contribution in [0.2, 0.25) is 0 Å². The fourth-order valence-corrected chi connectivity index (χ4v) is 3.26. The van der Waals surface area contributed by atoms with E-state index in [4.69, 9.17) is 4.74 Å². The lowest BCUT2D eigenvalue weighted by atomic mass is 9.99. The largest absolute Gasteiger partial charge is 0.378 e. The SMILES string of the molecule is CCC1OCCC1CNCc1ccccc1C1CC1. The molecule has 2 fully saturated rings. The number of rotatable bonds is 6. The van der Waals surface area contributed by atoms with E-state index in [9.17, 15) is 0 Å². The molecule has 1 saturated heterocycles. The van der Waals surface area contributed by atoms with Gasteiger partial charge in [-0.1, -0.05) is 31.2 Å². The minimum absolute atomic E-state index is 0.478. The Hall–Kier alpha value is -0.860. The van der Waals surface area contributed by atoms with E-state index in [1.54, 1.807) is 5.56 Å². The van der Waals surface area contributed by atoms with Crippen molar-refractivity contribution in [1.82, 2.24) is 5.32 Å². The van der Waals surface area contributed by atoms with E-state index in [1.165, 1.54) is 24.8 Å². The van der Waals surface area contributed by atoms with Crippen molar-refractivity contribution in [3.05, 3.63) is 35.4 Å². The maximum Gasteiger partial charge on any atom is 0.0613 e. The molecule has 1 aromatic carbocycles. The van der Waals surface area contributed by atoms with Crippen molar-refractivity contribution in [3.63, 3.8) is 0 Å². The first-order chi connectivity index (χ1) is 9.38. The molecule has 1 aromatic rings. The average Bonchev–Trinajstić information content (AvgIpc) is 3.19. The molecule has 0 spiro atoms. The van der Waals surface area contributed by atoms with Crippen LogP contribution in [0.25, 0.3) is 0 Å². The van der Waals surface area contributed by atoms with Gasteiger partial charge in [0.25, 0.3) is 0 Å². The number of hydrogen-bond acceptors (Lipinski definition) is 2.